The summed E-state index contributed by atoms with van der Waals surface area (Å²) >= 11 is 0. The fraction of sp³-hybridized carbons (Fsp3) is 0.385. The number of likely N-dealkylation sites (tertiary alicyclic amines) is 1. The summed E-state index contributed by atoms with van der Waals surface area (Å²) < 4.78 is 10.5. The lowest BCUT2D eigenvalue weighted by molar-refractivity contribution is 0.0505. The first-order chi connectivity index (χ1) is 16.1. The first-order valence-electron chi connectivity index (χ1n) is 11.4. The van der Waals surface area contributed by atoms with Crippen molar-refractivity contribution < 1.29 is 19.1 Å². The Balaban J connectivity index is 1.72. The van der Waals surface area contributed by atoms with Gasteiger partial charge in [-0.3, -0.25) is 4.79 Å². The Hall–Kier alpha value is -3.32. The van der Waals surface area contributed by atoms with Crippen LogP contribution in [0.1, 0.15) is 46.4 Å². The minimum atomic E-state index is -0.348. The van der Waals surface area contributed by atoms with Crippen LogP contribution in [0.4, 0.5) is 10.5 Å². The lowest BCUT2D eigenvalue weighted by Crippen LogP contribution is -2.48. The van der Waals surface area contributed by atoms with Crippen molar-refractivity contribution in [2.24, 2.45) is 5.92 Å². The summed E-state index contributed by atoms with van der Waals surface area (Å²) in [5.41, 5.74) is 3.62. The summed E-state index contributed by atoms with van der Waals surface area (Å²) in [6.45, 7) is 5.32. The Morgan fingerprint density at radius 2 is 2.06 bits per heavy atom. The molecule has 2 amide bonds. The predicted octanol–water partition coefficient (Wildman–Crippen LogP) is 4.31. The molecule has 174 valence electrons. The van der Waals surface area contributed by atoms with Crippen LogP contribution >= 0.6 is 0 Å². The van der Waals surface area contributed by atoms with E-state index in [-0.39, 0.29) is 36.6 Å². The highest BCUT2D eigenvalue weighted by atomic mass is 16.6. The molecule has 0 aliphatic carbocycles. The predicted molar refractivity (Wildman–Crippen MR) is 127 cm³/mol. The summed E-state index contributed by atoms with van der Waals surface area (Å²) in [6, 6.07) is 15.8. The third-order valence-corrected chi connectivity index (χ3v) is 6.36. The number of rotatable bonds is 7. The zero-order chi connectivity index (χ0) is 23.2. The number of nitrogens with zero attached hydrogens (tertiary/aromatic N) is 1. The highest BCUT2D eigenvalue weighted by Gasteiger charge is 2.44. The average Bonchev–Trinajstić information content (AvgIpc) is 2.86. The third kappa shape index (κ3) is 4.88. The highest BCUT2D eigenvalue weighted by Crippen LogP contribution is 2.50. The van der Waals surface area contributed by atoms with Gasteiger partial charge in [-0.25, -0.2) is 4.79 Å². The number of anilines is 1. The van der Waals surface area contributed by atoms with Crippen molar-refractivity contribution in [2.75, 3.05) is 38.7 Å². The van der Waals surface area contributed by atoms with Gasteiger partial charge in [0.15, 0.2) is 0 Å². The zero-order valence-electron chi connectivity index (χ0n) is 19.0. The highest BCUT2D eigenvalue weighted by molar-refractivity contribution is 5.95. The summed E-state index contributed by atoms with van der Waals surface area (Å²) in [6.07, 6.45) is 3.08. The van der Waals surface area contributed by atoms with Crippen molar-refractivity contribution in [1.29, 1.82) is 0 Å². The molecule has 1 fully saturated rings. The smallest absolute Gasteiger partial charge is 0.410 e. The number of benzene rings is 2. The normalized spacial score (nSPS) is 21.2. The largest absolute Gasteiger partial charge is 0.445 e. The van der Waals surface area contributed by atoms with Crippen molar-refractivity contribution in [1.82, 2.24) is 10.2 Å². The molecular weight excluding hydrogens is 418 g/mol. The van der Waals surface area contributed by atoms with E-state index in [4.69, 9.17) is 9.47 Å². The maximum Gasteiger partial charge on any atom is 0.410 e. The van der Waals surface area contributed by atoms with Gasteiger partial charge in [0.25, 0.3) is 5.91 Å². The van der Waals surface area contributed by atoms with E-state index in [1.165, 1.54) is 5.56 Å². The summed E-state index contributed by atoms with van der Waals surface area (Å²) in [7, 11) is 1.60. The molecule has 1 saturated heterocycles. The molecule has 0 aromatic heterocycles. The van der Waals surface area contributed by atoms with Crippen molar-refractivity contribution >= 4 is 17.7 Å². The van der Waals surface area contributed by atoms with Crippen LogP contribution in [-0.2, 0) is 9.47 Å². The van der Waals surface area contributed by atoms with Gasteiger partial charge in [0, 0.05) is 37.4 Å². The van der Waals surface area contributed by atoms with Gasteiger partial charge in [-0.1, -0.05) is 43.0 Å². The van der Waals surface area contributed by atoms with Gasteiger partial charge in [-0.15, -0.1) is 0 Å². The van der Waals surface area contributed by atoms with Crippen molar-refractivity contribution in [3.63, 3.8) is 0 Å². The van der Waals surface area contributed by atoms with E-state index in [0.29, 0.717) is 25.3 Å². The number of ether oxygens (including phenoxy) is 2. The van der Waals surface area contributed by atoms with Gasteiger partial charge in [-0.05, 0) is 42.2 Å². The van der Waals surface area contributed by atoms with E-state index in [2.05, 4.69) is 29.3 Å². The molecule has 0 spiro atoms. The SMILES string of the molecule is C=CCOC(=O)N1CCC[C@H]2C(c3ccccc3)Nc3ccc(C(=O)NCCOC)cc3C21. The summed E-state index contributed by atoms with van der Waals surface area (Å²) in [5, 5.41) is 6.56. The molecule has 0 radical (unpaired) electrons. The molecule has 4 rings (SSSR count). The Bertz CT molecular complexity index is 994. The quantitative estimate of drug-likeness (QED) is 0.487. The van der Waals surface area contributed by atoms with Gasteiger partial charge in [0.05, 0.1) is 18.7 Å². The minimum absolute atomic E-state index is 0.0556. The number of fused-ring (bicyclic) bond motifs is 3. The second-order valence-electron chi connectivity index (χ2n) is 8.39. The minimum Gasteiger partial charge on any atom is -0.445 e. The second kappa shape index (κ2) is 10.5. The molecule has 2 aromatic carbocycles. The Morgan fingerprint density at radius 3 is 2.82 bits per heavy atom. The van der Waals surface area contributed by atoms with Crippen molar-refractivity contribution in [3.05, 3.63) is 77.9 Å². The molecule has 2 aliphatic heterocycles. The maximum absolute atomic E-state index is 13.0. The standard InChI is InChI=1S/C26H31N3O4/c1-3-15-33-26(31)29-14-7-10-20-23(18-8-5-4-6-9-18)28-22-12-11-19(17-21(22)24(20)29)25(30)27-13-16-32-2/h3-6,8-9,11-12,17,20,23-24,28H,1,7,10,13-16H2,2H3,(H,27,30)/t20-,23?,24?/m0/s1. The zero-order valence-corrected chi connectivity index (χ0v) is 19.0. The number of hydrogen-bond donors (Lipinski definition) is 2. The number of nitrogens with one attached hydrogen (secondary N) is 2. The number of carbonyl (C=O) groups is 2. The van der Waals surface area contributed by atoms with E-state index >= 15 is 0 Å². The molecule has 2 aromatic rings. The van der Waals surface area contributed by atoms with Crippen LogP contribution in [0.2, 0.25) is 0 Å². The second-order valence-corrected chi connectivity index (χ2v) is 8.39. The fourth-order valence-electron chi connectivity index (χ4n) is 4.91. The maximum atomic E-state index is 13.0. The first kappa shape index (κ1) is 22.9. The number of amides is 2. The molecule has 3 atom stereocenters. The molecule has 0 bridgehead atoms. The molecule has 2 N–H and O–H groups in total. The molecule has 7 heteroatoms. The Labute approximate surface area is 194 Å². The van der Waals surface area contributed by atoms with Gasteiger partial charge in [0.2, 0.25) is 0 Å². The van der Waals surface area contributed by atoms with E-state index in [1.54, 1.807) is 13.2 Å². The van der Waals surface area contributed by atoms with Crippen LogP contribution in [-0.4, -0.2) is 50.3 Å². The molecule has 33 heavy (non-hydrogen) atoms. The Kier molecular flexibility index (Phi) is 7.29. The topological polar surface area (TPSA) is 79.9 Å². The lowest BCUT2D eigenvalue weighted by Gasteiger charge is -2.48. The van der Waals surface area contributed by atoms with Crippen LogP contribution in [0.15, 0.2) is 61.2 Å². The first-order valence-corrected chi connectivity index (χ1v) is 11.4. The van der Waals surface area contributed by atoms with Crippen molar-refractivity contribution in [3.8, 4) is 0 Å². The molecule has 2 aliphatic rings. The fourth-order valence-corrected chi connectivity index (χ4v) is 4.91. The monoisotopic (exact) mass is 449 g/mol. The third-order valence-electron chi connectivity index (χ3n) is 6.36. The van der Waals surface area contributed by atoms with Crippen LogP contribution < -0.4 is 10.6 Å². The molecule has 0 saturated carbocycles. The number of hydrogen-bond acceptors (Lipinski definition) is 5. The molecule has 2 unspecified atom stereocenters. The van der Waals surface area contributed by atoms with Crippen LogP contribution in [0.5, 0.6) is 0 Å². The van der Waals surface area contributed by atoms with Crippen molar-refractivity contribution in [2.45, 2.75) is 24.9 Å². The van der Waals surface area contributed by atoms with E-state index in [9.17, 15) is 9.59 Å². The van der Waals surface area contributed by atoms with E-state index < -0.39 is 0 Å². The summed E-state index contributed by atoms with van der Waals surface area (Å²) in [5.74, 6) is -0.00934. The number of carbonyl (C=O) groups excluding carboxylic acids is 2. The lowest BCUT2D eigenvalue weighted by atomic mass is 9.74. The van der Waals surface area contributed by atoms with Gasteiger partial charge >= 0.3 is 6.09 Å². The van der Waals surface area contributed by atoms with E-state index in [1.807, 2.05) is 41.3 Å². The average molecular weight is 450 g/mol. The van der Waals surface area contributed by atoms with Gasteiger partial charge in [-0.2, -0.15) is 0 Å². The molecule has 7 nitrogen and oxygen atoms in total. The molecule has 2 heterocycles. The number of piperidine rings is 1. The van der Waals surface area contributed by atoms with Crippen LogP contribution in [0, 0.1) is 5.92 Å². The van der Waals surface area contributed by atoms with Crippen LogP contribution in [0.3, 0.4) is 0 Å². The number of methoxy groups -OCH3 is 1. The van der Waals surface area contributed by atoms with Gasteiger partial charge in [0.1, 0.15) is 6.61 Å². The van der Waals surface area contributed by atoms with Crippen LogP contribution in [0.25, 0.3) is 0 Å². The van der Waals surface area contributed by atoms with Gasteiger partial charge < -0.3 is 25.0 Å². The summed E-state index contributed by atoms with van der Waals surface area (Å²) in [4.78, 5) is 27.5. The van der Waals surface area contributed by atoms with E-state index in [0.717, 1.165) is 24.1 Å². The molecular formula is C26H31N3O4. The Morgan fingerprint density at radius 1 is 1.24 bits per heavy atom.